The smallest absolute Gasteiger partial charge is 0.323 e. The molecule has 0 heterocycles. The third-order valence-corrected chi connectivity index (χ3v) is 3.87. The number of carboxylic acid groups (broad SMARTS) is 1. The van der Waals surface area contributed by atoms with Crippen LogP contribution in [0.3, 0.4) is 0 Å². The molecule has 19 heavy (non-hydrogen) atoms. The second-order valence-electron chi connectivity index (χ2n) is 5.60. The molecule has 0 aromatic carbocycles. The van der Waals surface area contributed by atoms with E-state index in [0.29, 0.717) is 6.54 Å². The number of urea groups is 1. The van der Waals surface area contributed by atoms with E-state index in [1.54, 1.807) is 7.11 Å². The highest BCUT2D eigenvalue weighted by atomic mass is 16.5. The van der Waals surface area contributed by atoms with Crippen molar-refractivity contribution in [2.75, 3.05) is 20.2 Å². The van der Waals surface area contributed by atoms with E-state index in [4.69, 9.17) is 9.84 Å². The van der Waals surface area contributed by atoms with Crippen molar-refractivity contribution in [3.05, 3.63) is 0 Å². The van der Waals surface area contributed by atoms with Gasteiger partial charge in [-0.2, -0.15) is 0 Å². The lowest BCUT2D eigenvalue weighted by molar-refractivity contribution is -0.137. The molecule has 0 saturated heterocycles. The number of hydrogen-bond donors (Lipinski definition) is 2. The number of methoxy groups -OCH3 is 1. The van der Waals surface area contributed by atoms with Gasteiger partial charge in [0, 0.05) is 25.1 Å². The average Bonchev–Trinajstić information content (AvgIpc) is 2.32. The highest BCUT2D eigenvalue weighted by Crippen LogP contribution is 2.42. The van der Waals surface area contributed by atoms with Crippen LogP contribution in [-0.4, -0.2) is 54.4 Å². The van der Waals surface area contributed by atoms with Crippen molar-refractivity contribution < 1.29 is 19.4 Å². The molecular formula is C13H24N2O4. The molecule has 2 N–H and O–H groups in total. The van der Waals surface area contributed by atoms with Gasteiger partial charge in [-0.1, -0.05) is 20.8 Å². The molecule has 2 amide bonds. The van der Waals surface area contributed by atoms with Crippen LogP contribution in [0.25, 0.3) is 0 Å². The van der Waals surface area contributed by atoms with E-state index >= 15 is 0 Å². The van der Waals surface area contributed by atoms with E-state index in [0.717, 1.165) is 12.8 Å². The lowest BCUT2D eigenvalue weighted by Crippen LogP contribution is -2.63. The fourth-order valence-corrected chi connectivity index (χ4v) is 2.46. The number of carbonyl (C=O) groups excluding carboxylic acids is 1. The standard InChI is InChI=1S/C13H24N2O4/c1-5-6-15(8-11(16)17)12(18)14-9-7-10(19-4)13(9,2)3/h9-10H,5-8H2,1-4H3,(H,14,18)(H,16,17). The maximum atomic E-state index is 12.1. The highest BCUT2D eigenvalue weighted by Gasteiger charge is 2.49. The van der Waals surface area contributed by atoms with Crippen LogP contribution in [0.5, 0.6) is 0 Å². The van der Waals surface area contributed by atoms with E-state index in [2.05, 4.69) is 5.32 Å². The monoisotopic (exact) mass is 272 g/mol. The van der Waals surface area contributed by atoms with Crippen LogP contribution in [0.15, 0.2) is 0 Å². The molecular weight excluding hydrogens is 248 g/mol. The van der Waals surface area contributed by atoms with Crippen molar-refractivity contribution in [1.29, 1.82) is 0 Å². The van der Waals surface area contributed by atoms with E-state index in [1.807, 2.05) is 20.8 Å². The summed E-state index contributed by atoms with van der Waals surface area (Å²) in [4.78, 5) is 24.1. The Morgan fingerprint density at radius 1 is 1.47 bits per heavy atom. The van der Waals surface area contributed by atoms with Gasteiger partial charge in [-0.25, -0.2) is 4.79 Å². The topological polar surface area (TPSA) is 78.9 Å². The quantitative estimate of drug-likeness (QED) is 0.764. The van der Waals surface area contributed by atoms with Crippen LogP contribution in [-0.2, 0) is 9.53 Å². The first-order chi connectivity index (χ1) is 8.82. The molecule has 0 bridgehead atoms. The molecule has 1 saturated carbocycles. The number of nitrogens with zero attached hydrogens (tertiary/aromatic N) is 1. The minimum Gasteiger partial charge on any atom is -0.480 e. The van der Waals surface area contributed by atoms with Crippen LogP contribution in [0, 0.1) is 5.41 Å². The second-order valence-corrected chi connectivity index (χ2v) is 5.60. The Morgan fingerprint density at radius 2 is 2.11 bits per heavy atom. The van der Waals surface area contributed by atoms with Crippen molar-refractivity contribution in [1.82, 2.24) is 10.2 Å². The molecule has 6 nitrogen and oxygen atoms in total. The van der Waals surface area contributed by atoms with E-state index < -0.39 is 5.97 Å². The predicted octanol–water partition coefficient (Wildman–Crippen LogP) is 1.31. The average molecular weight is 272 g/mol. The van der Waals surface area contributed by atoms with Crippen LogP contribution >= 0.6 is 0 Å². The molecule has 2 unspecified atom stereocenters. The molecule has 0 aromatic rings. The summed E-state index contributed by atoms with van der Waals surface area (Å²) in [5.74, 6) is -0.994. The number of carboxylic acids is 1. The molecule has 0 aliphatic heterocycles. The first kappa shape index (κ1) is 15.8. The summed E-state index contributed by atoms with van der Waals surface area (Å²) in [5.41, 5.74) is -0.120. The summed E-state index contributed by atoms with van der Waals surface area (Å²) >= 11 is 0. The maximum absolute atomic E-state index is 12.1. The molecule has 110 valence electrons. The highest BCUT2D eigenvalue weighted by molar-refractivity contribution is 5.80. The van der Waals surface area contributed by atoms with Gasteiger partial charge in [-0.05, 0) is 12.8 Å². The Bertz CT molecular complexity index is 344. The van der Waals surface area contributed by atoms with Gasteiger partial charge in [0.05, 0.1) is 6.10 Å². The number of nitrogens with one attached hydrogen (secondary N) is 1. The van der Waals surface area contributed by atoms with Gasteiger partial charge >= 0.3 is 12.0 Å². The number of rotatable bonds is 6. The minimum atomic E-state index is -0.994. The Balaban J connectivity index is 2.56. The van der Waals surface area contributed by atoms with Crippen molar-refractivity contribution in [2.24, 2.45) is 5.41 Å². The van der Waals surface area contributed by atoms with Gasteiger partial charge in [0.2, 0.25) is 0 Å². The van der Waals surface area contributed by atoms with Gasteiger partial charge in [0.1, 0.15) is 6.54 Å². The third-order valence-electron chi connectivity index (χ3n) is 3.87. The Hall–Kier alpha value is -1.30. The molecule has 0 radical (unpaired) electrons. The van der Waals surface area contributed by atoms with E-state index in [9.17, 15) is 9.59 Å². The van der Waals surface area contributed by atoms with Crippen LogP contribution < -0.4 is 5.32 Å². The molecule has 1 rings (SSSR count). The number of ether oxygens (including phenoxy) is 1. The predicted molar refractivity (Wildman–Crippen MR) is 71.0 cm³/mol. The van der Waals surface area contributed by atoms with Crippen molar-refractivity contribution in [2.45, 2.75) is 45.8 Å². The molecule has 0 spiro atoms. The summed E-state index contributed by atoms with van der Waals surface area (Å²) < 4.78 is 5.33. The van der Waals surface area contributed by atoms with Gasteiger partial charge in [0.25, 0.3) is 0 Å². The Kier molecular flexibility index (Phi) is 5.17. The normalized spacial score (nSPS) is 24.4. The van der Waals surface area contributed by atoms with Gasteiger partial charge in [-0.3, -0.25) is 4.79 Å². The first-order valence-electron chi connectivity index (χ1n) is 6.63. The summed E-state index contributed by atoms with van der Waals surface area (Å²) in [7, 11) is 1.66. The minimum absolute atomic E-state index is 0.0260. The zero-order chi connectivity index (χ0) is 14.6. The fourth-order valence-electron chi connectivity index (χ4n) is 2.46. The summed E-state index contributed by atoms with van der Waals surface area (Å²) in [6.07, 6.45) is 1.63. The molecule has 1 aliphatic carbocycles. The number of hydrogen-bond acceptors (Lipinski definition) is 3. The Morgan fingerprint density at radius 3 is 2.53 bits per heavy atom. The summed E-state index contributed by atoms with van der Waals surface area (Å²) in [6.45, 7) is 6.17. The number of aliphatic carboxylic acids is 1. The number of carbonyl (C=O) groups is 2. The van der Waals surface area contributed by atoms with Gasteiger partial charge in [-0.15, -0.1) is 0 Å². The summed E-state index contributed by atoms with van der Waals surface area (Å²) in [5, 5.41) is 11.7. The second kappa shape index (κ2) is 6.23. The molecule has 0 aromatic heterocycles. The van der Waals surface area contributed by atoms with E-state index in [-0.39, 0.29) is 30.1 Å². The summed E-state index contributed by atoms with van der Waals surface area (Å²) in [6, 6.07) is -0.282. The lowest BCUT2D eigenvalue weighted by atomic mass is 9.64. The maximum Gasteiger partial charge on any atom is 0.323 e. The van der Waals surface area contributed by atoms with Crippen molar-refractivity contribution >= 4 is 12.0 Å². The van der Waals surface area contributed by atoms with Gasteiger partial charge < -0.3 is 20.1 Å². The lowest BCUT2D eigenvalue weighted by Gasteiger charge is -2.51. The molecule has 2 atom stereocenters. The fraction of sp³-hybridized carbons (Fsp3) is 0.846. The first-order valence-corrected chi connectivity index (χ1v) is 6.63. The SMILES string of the molecule is CCCN(CC(=O)O)C(=O)NC1CC(OC)C1(C)C. The molecule has 1 aliphatic rings. The molecule has 6 heteroatoms. The molecule has 1 fully saturated rings. The van der Waals surface area contributed by atoms with Crippen LogP contribution in [0.1, 0.15) is 33.6 Å². The van der Waals surface area contributed by atoms with Crippen LogP contribution in [0.4, 0.5) is 4.79 Å². The van der Waals surface area contributed by atoms with E-state index in [1.165, 1.54) is 4.90 Å². The largest absolute Gasteiger partial charge is 0.480 e. The van der Waals surface area contributed by atoms with Crippen molar-refractivity contribution in [3.63, 3.8) is 0 Å². The zero-order valence-corrected chi connectivity index (χ0v) is 12.1. The van der Waals surface area contributed by atoms with Crippen molar-refractivity contribution in [3.8, 4) is 0 Å². The van der Waals surface area contributed by atoms with Gasteiger partial charge in [0.15, 0.2) is 0 Å². The number of amides is 2. The third kappa shape index (κ3) is 3.59. The van der Waals surface area contributed by atoms with Crippen LogP contribution in [0.2, 0.25) is 0 Å². The Labute approximate surface area is 114 Å². The zero-order valence-electron chi connectivity index (χ0n) is 12.1.